The van der Waals surface area contributed by atoms with Crippen molar-refractivity contribution in [1.82, 2.24) is 0 Å². The minimum absolute atomic E-state index is 0.0551. The first-order valence-corrected chi connectivity index (χ1v) is 6.76. The van der Waals surface area contributed by atoms with E-state index in [4.69, 9.17) is 4.74 Å². The third kappa shape index (κ3) is 2.33. The Kier molecular flexibility index (Phi) is 2.94. The predicted octanol–water partition coefficient (Wildman–Crippen LogP) is 3.88. The zero-order chi connectivity index (χ0) is 12.5. The van der Waals surface area contributed by atoms with Crippen LogP contribution in [0.15, 0.2) is 24.3 Å². The van der Waals surface area contributed by atoms with Gasteiger partial charge < -0.3 is 4.74 Å². The number of rotatable bonds is 3. The van der Waals surface area contributed by atoms with Gasteiger partial charge in [-0.25, -0.2) is 0 Å². The van der Waals surface area contributed by atoms with Crippen molar-refractivity contribution < 1.29 is 9.53 Å². The van der Waals surface area contributed by atoms with Crippen molar-refractivity contribution in [2.45, 2.75) is 39.0 Å². The highest BCUT2D eigenvalue weighted by atomic mass is 16.5. The average Bonchev–Trinajstić information content (AvgIpc) is 3.07. The van der Waals surface area contributed by atoms with E-state index < -0.39 is 0 Å². The molecule has 0 bridgehead atoms. The highest BCUT2D eigenvalue weighted by molar-refractivity contribution is 5.80. The number of aryl methyl sites for hydroxylation is 1. The molecule has 0 N–H and O–H groups in total. The fourth-order valence-electron chi connectivity index (χ4n) is 2.41. The van der Waals surface area contributed by atoms with E-state index >= 15 is 0 Å². The summed E-state index contributed by atoms with van der Waals surface area (Å²) in [7, 11) is 0. The van der Waals surface area contributed by atoms with E-state index in [9.17, 15) is 4.79 Å². The number of allylic oxidation sites excluding steroid dienone is 2. The quantitative estimate of drug-likeness (QED) is 0.594. The van der Waals surface area contributed by atoms with Crippen molar-refractivity contribution in [3.05, 3.63) is 35.4 Å². The van der Waals surface area contributed by atoms with Crippen LogP contribution in [0.3, 0.4) is 0 Å². The number of hydrogen-bond acceptors (Lipinski definition) is 2. The molecule has 2 aliphatic carbocycles. The number of carbonyl (C=O) groups excluding carboxylic acids is 1. The Morgan fingerprint density at radius 3 is 2.83 bits per heavy atom. The number of esters is 1. The maximum absolute atomic E-state index is 11.8. The molecule has 1 aromatic rings. The van der Waals surface area contributed by atoms with Gasteiger partial charge in [-0.1, -0.05) is 18.2 Å². The summed E-state index contributed by atoms with van der Waals surface area (Å²) in [6.07, 6.45) is 7.68. The van der Waals surface area contributed by atoms with Crippen LogP contribution in [-0.2, 0) is 4.79 Å². The minimum atomic E-state index is -0.0551. The lowest BCUT2D eigenvalue weighted by Gasteiger charge is -2.11. The van der Waals surface area contributed by atoms with Crippen LogP contribution >= 0.6 is 0 Å². The first-order valence-electron chi connectivity index (χ1n) is 6.76. The second-order valence-electron chi connectivity index (χ2n) is 5.32. The van der Waals surface area contributed by atoms with E-state index in [-0.39, 0.29) is 11.9 Å². The Bertz CT molecular complexity index is 510. The minimum Gasteiger partial charge on any atom is -0.426 e. The van der Waals surface area contributed by atoms with Crippen molar-refractivity contribution in [1.29, 1.82) is 0 Å². The molecule has 2 aliphatic rings. The van der Waals surface area contributed by atoms with Gasteiger partial charge in [-0.3, -0.25) is 4.79 Å². The van der Waals surface area contributed by atoms with Crippen LogP contribution in [0, 0.1) is 12.8 Å². The summed E-state index contributed by atoms with van der Waals surface area (Å²) in [5.74, 6) is 0.844. The largest absolute Gasteiger partial charge is 0.426 e. The first kappa shape index (κ1) is 11.5. The smallest absolute Gasteiger partial charge is 0.314 e. The second-order valence-corrected chi connectivity index (χ2v) is 5.32. The summed E-state index contributed by atoms with van der Waals surface area (Å²) in [4.78, 5) is 11.8. The fraction of sp³-hybridized carbons (Fsp3) is 0.438. The Morgan fingerprint density at radius 2 is 2.17 bits per heavy atom. The van der Waals surface area contributed by atoms with Gasteiger partial charge in [0.25, 0.3) is 0 Å². The van der Waals surface area contributed by atoms with Crippen molar-refractivity contribution >= 4 is 11.5 Å². The molecule has 94 valence electrons. The second kappa shape index (κ2) is 4.60. The normalized spacial score (nSPS) is 18.6. The third-order valence-electron chi connectivity index (χ3n) is 3.65. The van der Waals surface area contributed by atoms with E-state index in [1.807, 2.05) is 13.0 Å². The molecule has 0 aromatic heterocycles. The monoisotopic (exact) mass is 242 g/mol. The molecule has 0 saturated heterocycles. The molecule has 0 radical (unpaired) electrons. The fourth-order valence-corrected chi connectivity index (χ4v) is 2.41. The SMILES string of the molecule is Cc1ccc(C2=CCCC2)c(OC(=O)C2CC2)c1. The van der Waals surface area contributed by atoms with Crippen molar-refractivity contribution in [2.75, 3.05) is 0 Å². The maximum atomic E-state index is 11.8. The molecule has 0 heterocycles. The molecule has 1 saturated carbocycles. The van der Waals surface area contributed by atoms with E-state index in [0.29, 0.717) is 0 Å². The van der Waals surface area contributed by atoms with Gasteiger partial charge in [0, 0.05) is 5.56 Å². The van der Waals surface area contributed by atoms with Crippen LogP contribution in [0.5, 0.6) is 5.75 Å². The molecule has 3 rings (SSSR count). The van der Waals surface area contributed by atoms with Crippen molar-refractivity contribution in [3.63, 3.8) is 0 Å². The highest BCUT2D eigenvalue weighted by Gasteiger charge is 2.32. The Balaban J connectivity index is 1.89. The number of ether oxygens (including phenoxy) is 1. The first-order chi connectivity index (χ1) is 8.74. The van der Waals surface area contributed by atoms with Crippen LogP contribution < -0.4 is 4.74 Å². The van der Waals surface area contributed by atoms with E-state index in [2.05, 4.69) is 18.2 Å². The van der Waals surface area contributed by atoms with Gasteiger partial charge in [0.2, 0.25) is 0 Å². The molecule has 0 spiro atoms. The standard InChI is InChI=1S/C16H18O2/c1-11-6-9-14(12-4-2-3-5-12)15(10-11)18-16(17)13-7-8-13/h4,6,9-10,13H,2-3,5,7-8H2,1H3. The van der Waals surface area contributed by atoms with Crippen molar-refractivity contribution in [3.8, 4) is 5.75 Å². The van der Waals surface area contributed by atoms with Gasteiger partial charge in [0.15, 0.2) is 0 Å². The maximum Gasteiger partial charge on any atom is 0.314 e. The summed E-state index contributed by atoms with van der Waals surface area (Å²) < 4.78 is 5.58. The lowest BCUT2D eigenvalue weighted by molar-refractivity contribution is -0.135. The van der Waals surface area contributed by atoms with Gasteiger partial charge in [0.05, 0.1) is 5.92 Å². The molecular formula is C16H18O2. The van der Waals surface area contributed by atoms with E-state index in [0.717, 1.165) is 42.6 Å². The van der Waals surface area contributed by atoms with Crippen LogP contribution in [-0.4, -0.2) is 5.97 Å². The molecule has 0 unspecified atom stereocenters. The van der Waals surface area contributed by atoms with Crippen LogP contribution in [0.2, 0.25) is 0 Å². The Labute approximate surface area is 108 Å². The average molecular weight is 242 g/mol. The molecule has 0 amide bonds. The number of carbonyl (C=O) groups is 1. The zero-order valence-corrected chi connectivity index (χ0v) is 10.7. The van der Waals surface area contributed by atoms with Gasteiger partial charge in [0.1, 0.15) is 5.75 Å². The predicted molar refractivity (Wildman–Crippen MR) is 71.4 cm³/mol. The summed E-state index contributed by atoms with van der Waals surface area (Å²) in [6.45, 7) is 2.03. The lowest BCUT2D eigenvalue weighted by Crippen LogP contribution is -2.11. The molecule has 2 nitrogen and oxygen atoms in total. The molecule has 0 aliphatic heterocycles. The van der Waals surface area contributed by atoms with Gasteiger partial charge in [-0.2, -0.15) is 0 Å². The zero-order valence-electron chi connectivity index (χ0n) is 10.7. The third-order valence-corrected chi connectivity index (χ3v) is 3.65. The number of hydrogen-bond donors (Lipinski definition) is 0. The van der Waals surface area contributed by atoms with Gasteiger partial charge in [-0.05, 0) is 56.2 Å². The highest BCUT2D eigenvalue weighted by Crippen LogP contribution is 2.36. The van der Waals surface area contributed by atoms with Crippen LogP contribution in [0.25, 0.3) is 5.57 Å². The lowest BCUT2D eigenvalue weighted by atomic mass is 10.0. The summed E-state index contributed by atoms with van der Waals surface area (Å²) in [5.41, 5.74) is 3.57. The topological polar surface area (TPSA) is 26.3 Å². The Morgan fingerprint density at radius 1 is 1.33 bits per heavy atom. The van der Waals surface area contributed by atoms with Crippen LogP contribution in [0.1, 0.15) is 43.2 Å². The summed E-state index contributed by atoms with van der Waals surface area (Å²) >= 11 is 0. The molecular weight excluding hydrogens is 224 g/mol. The molecule has 1 aromatic carbocycles. The summed E-state index contributed by atoms with van der Waals surface area (Å²) in [5, 5.41) is 0. The van der Waals surface area contributed by atoms with Crippen molar-refractivity contribution in [2.24, 2.45) is 5.92 Å². The Hall–Kier alpha value is -1.57. The summed E-state index contributed by atoms with van der Waals surface area (Å²) in [6, 6.07) is 6.15. The van der Waals surface area contributed by atoms with Gasteiger partial charge >= 0.3 is 5.97 Å². The van der Waals surface area contributed by atoms with E-state index in [1.54, 1.807) is 0 Å². The molecule has 1 fully saturated rings. The van der Waals surface area contributed by atoms with E-state index in [1.165, 1.54) is 12.0 Å². The number of benzene rings is 1. The molecule has 0 atom stereocenters. The molecule has 2 heteroatoms. The van der Waals surface area contributed by atoms with Gasteiger partial charge in [-0.15, -0.1) is 0 Å². The molecule has 18 heavy (non-hydrogen) atoms. The van der Waals surface area contributed by atoms with Crippen LogP contribution in [0.4, 0.5) is 0 Å².